The predicted octanol–water partition coefficient (Wildman–Crippen LogP) is 2.41. The van der Waals surface area contributed by atoms with E-state index in [0.717, 1.165) is 9.80 Å². The van der Waals surface area contributed by atoms with Crippen LogP contribution in [0.15, 0.2) is 54.1 Å². The van der Waals surface area contributed by atoms with E-state index in [0.29, 0.717) is 11.3 Å². The number of aromatic hydroxyl groups is 1. The number of methoxy groups -OCH3 is 1. The molecule has 26 heavy (non-hydrogen) atoms. The van der Waals surface area contributed by atoms with Gasteiger partial charge in [0.25, 0.3) is 11.8 Å². The maximum Gasteiger partial charge on any atom is 0.338 e. The van der Waals surface area contributed by atoms with Crippen molar-refractivity contribution in [2.75, 3.05) is 19.1 Å². The van der Waals surface area contributed by atoms with Crippen LogP contribution in [0.3, 0.4) is 0 Å². The summed E-state index contributed by atoms with van der Waals surface area (Å²) >= 11 is 0. The van der Waals surface area contributed by atoms with Gasteiger partial charge in [-0.1, -0.05) is 24.3 Å². The van der Waals surface area contributed by atoms with Crippen molar-refractivity contribution in [1.82, 2.24) is 4.90 Å². The number of carbonyl (C=O) groups excluding carboxylic acids is 3. The fraction of sp³-hybridized carbons (Fsp3) is 0.105. The van der Waals surface area contributed by atoms with Crippen LogP contribution in [0.1, 0.15) is 5.56 Å². The first-order chi connectivity index (χ1) is 12.4. The molecule has 4 amide bonds. The van der Waals surface area contributed by atoms with Crippen molar-refractivity contribution in [3.63, 3.8) is 0 Å². The van der Waals surface area contributed by atoms with E-state index in [2.05, 4.69) is 0 Å². The third kappa shape index (κ3) is 2.90. The van der Waals surface area contributed by atoms with Crippen LogP contribution in [0, 0.1) is 0 Å². The Bertz CT molecular complexity index is 921. The molecule has 1 aliphatic rings. The highest BCUT2D eigenvalue weighted by Crippen LogP contribution is 2.29. The number of rotatable bonds is 3. The molecule has 1 N–H and O–H groups in total. The number of ether oxygens (including phenoxy) is 1. The lowest BCUT2D eigenvalue weighted by Crippen LogP contribution is -2.55. The first kappa shape index (κ1) is 17.2. The molecule has 2 aromatic carbocycles. The summed E-state index contributed by atoms with van der Waals surface area (Å²) in [6.45, 7) is 0. The van der Waals surface area contributed by atoms with Gasteiger partial charge in [0.05, 0.1) is 12.8 Å². The number of phenolic OH excluding ortho intramolecular Hbond substituents is 1. The normalized spacial score (nSPS) is 16.4. The van der Waals surface area contributed by atoms with Crippen molar-refractivity contribution in [2.24, 2.45) is 0 Å². The van der Waals surface area contributed by atoms with E-state index in [4.69, 9.17) is 4.74 Å². The molecule has 0 unspecified atom stereocenters. The summed E-state index contributed by atoms with van der Waals surface area (Å²) in [7, 11) is 2.73. The quantitative estimate of drug-likeness (QED) is 0.677. The zero-order chi connectivity index (χ0) is 18.8. The number of carbonyl (C=O) groups is 3. The summed E-state index contributed by atoms with van der Waals surface area (Å²) < 4.78 is 4.97. The average molecular weight is 352 g/mol. The number of barbiturate groups is 1. The number of amides is 4. The maximum absolute atomic E-state index is 12.8. The number of phenols is 1. The fourth-order valence-electron chi connectivity index (χ4n) is 2.61. The number of hydrogen-bond donors (Lipinski definition) is 1. The molecule has 0 aromatic heterocycles. The van der Waals surface area contributed by atoms with Crippen molar-refractivity contribution in [3.05, 3.63) is 59.7 Å². The third-order valence-electron chi connectivity index (χ3n) is 3.98. The number of nitrogens with zero attached hydrogens (tertiary/aromatic N) is 2. The largest absolute Gasteiger partial charge is 0.504 e. The number of anilines is 1. The zero-order valence-corrected chi connectivity index (χ0v) is 14.2. The number of hydrogen-bond acceptors (Lipinski definition) is 5. The SMILES string of the molecule is COc1ccc(/C=C2\C(=O)N(C)C(=O)N(c3ccccc3)C2=O)cc1O. The monoisotopic (exact) mass is 352 g/mol. The topological polar surface area (TPSA) is 87.2 Å². The summed E-state index contributed by atoms with van der Waals surface area (Å²) in [5, 5.41) is 9.88. The lowest BCUT2D eigenvalue weighted by Gasteiger charge is -2.31. The highest BCUT2D eigenvalue weighted by molar-refractivity contribution is 6.39. The minimum atomic E-state index is -0.723. The Morgan fingerprint density at radius 3 is 2.31 bits per heavy atom. The van der Waals surface area contributed by atoms with Gasteiger partial charge in [0.15, 0.2) is 11.5 Å². The first-order valence-electron chi connectivity index (χ1n) is 7.74. The van der Waals surface area contributed by atoms with E-state index in [1.807, 2.05) is 0 Å². The van der Waals surface area contributed by atoms with E-state index >= 15 is 0 Å². The molecule has 0 radical (unpaired) electrons. The number of urea groups is 1. The van der Waals surface area contributed by atoms with Gasteiger partial charge in [0.1, 0.15) is 5.57 Å². The van der Waals surface area contributed by atoms with E-state index in [1.54, 1.807) is 36.4 Å². The van der Waals surface area contributed by atoms with Crippen LogP contribution in [0.4, 0.5) is 10.5 Å². The van der Waals surface area contributed by atoms with Crippen molar-refractivity contribution in [2.45, 2.75) is 0 Å². The minimum Gasteiger partial charge on any atom is -0.504 e. The molecule has 7 nitrogen and oxygen atoms in total. The fourth-order valence-corrected chi connectivity index (χ4v) is 2.61. The maximum atomic E-state index is 12.8. The van der Waals surface area contributed by atoms with Crippen molar-refractivity contribution in [3.8, 4) is 11.5 Å². The Hall–Kier alpha value is -3.61. The van der Waals surface area contributed by atoms with Crippen molar-refractivity contribution >= 4 is 29.6 Å². The second-order valence-corrected chi connectivity index (χ2v) is 5.61. The summed E-state index contributed by atoms with van der Waals surface area (Å²) in [4.78, 5) is 39.5. The van der Waals surface area contributed by atoms with Crippen LogP contribution in [-0.4, -0.2) is 42.0 Å². The lowest BCUT2D eigenvalue weighted by molar-refractivity contribution is -0.128. The lowest BCUT2D eigenvalue weighted by atomic mass is 10.1. The Labute approximate surface area is 149 Å². The number of para-hydroxylation sites is 1. The van der Waals surface area contributed by atoms with Crippen LogP contribution in [-0.2, 0) is 9.59 Å². The zero-order valence-electron chi connectivity index (χ0n) is 14.2. The van der Waals surface area contributed by atoms with Crippen LogP contribution in [0.5, 0.6) is 11.5 Å². The molecule has 0 aliphatic carbocycles. The summed E-state index contributed by atoms with van der Waals surface area (Å²) in [6.07, 6.45) is 1.34. The van der Waals surface area contributed by atoms with Gasteiger partial charge in [-0.3, -0.25) is 14.5 Å². The Balaban J connectivity index is 2.05. The van der Waals surface area contributed by atoms with Crippen LogP contribution < -0.4 is 9.64 Å². The molecular weight excluding hydrogens is 336 g/mol. The molecular formula is C19H16N2O5. The standard InChI is InChI=1S/C19H16N2O5/c1-20-17(23)14(10-12-8-9-16(26-2)15(22)11-12)18(24)21(19(20)25)13-6-4-3-5-7-13/h3-11,22H,1-2H3/b14-10+. The van der Waals surface area contributed by atoms with Gasteiger partial charge in [-0.15, -0.1) is 0 Å². The van der Waals surface area contributed by atoms with Crippen molar-refractivity contribution < 1.29 is 24.2 Å². The van der Waals surface area contributed by atoms with Crippen LogP contribution in [0.25, 0.3) is 6.08 Å². The Morgan fingerprint density at radius 2 is 1.69 bits per heavy atom. The smallest absolute Gasteiger partial charge is 0.338 e. The van der Waals surface area contributed by atoms with Gasteiger partial charge in [-0.05, 0) is 35.9 Å². The van der Waals surface area contributed by atoms with Gasteiger partial charge in [0.2, 0.25) is 0 Å². The molecule has 0 spiro atoms. The predicted molar refractivity (Wildman–Crippen MR) is 94.7 cm³/mol. The number of imide groups is 2. The summed E-state index contributed by atoms with van der Waals surface area (Å²) in [5.41, 5.74) is 0.613. The number of benzene rings is 2. The summed E-state index contributed by atoms with van der Waals surface area (Å²) in [6, 6.07) is 12.1. The van der Waals surface area contributed by atoms with Crippen LogP contribution >= 0.6 is 0 Å². The molecule has 132 valence electrons. The molecule has 3 rings (SSSR count). The second-order valence-electron chi connectivity index (χ2n) is 5.61. The molecule has 2 aromatic rings. The van der Waals surface area contributed by atoms with Gasteiger partial charge < -0.3 is 9.84 Å². The molecule has 7 heteroatoms. The molecule has 1 fully saturated rings. The van der Waals surface area contributed by atoms with Gasteiger partial charge in [-0.25, -0.2) is 9.69 Å². The molecule has 0 saturated carbocycles. The molecule has 1 saturated heterocycles. The first-order valence-corrected chi connectivity index (χ1v) is 7.74. The highest BCUT2D eigenvalue weighted by atomic mass is 16.5. The highest BCUT2D eigenvalue weighted by Gasteiger charge is 2.40. The van der Waals surface area contributed by atoms with Gasteiger partial charge in [-0.2, -0.15) is 0 Å². The van der Waals surface area contributed by atoms with E-state index in [1.165, 1.54) is 32.4 Å². The third-order valence-corrected chi connectivity index (χ3v) is 3.98. The second kappa shape index (κ2) is 6.72. The molecule has 0 bridgehead atoms. The number of likely N-dealkylation sites (N-methyl/N-ethyl adjacent to an activating group) is 1. The molecule has 1 heterocycles. The minimum absolute atomic E-state index is 0.123. The van der Waals surface area contributed by atoms with E-state index in [-0.39, 0.29) is 17.1 Å². The van der Waals surface area contributed by atoms with Crippen LogP contribution in [0.2, 0.25) is 0 Å². The van der Waals surface area contributed by atoms with Gasteiger partial charge >= 0.3 is 6.03 Å². The Morgan fingerprint density at radius 1 is 1.00 bits per heavy atom. The summed E-state index contributed by atoms with van der Waals surface area (Å²) in [5.74, 6) is -1.28. The van der Waals surface area contributed by atoms with Gasteiger partial charge in [0, 0.05) is 7.05 Å². The van der Waals surface area contributed by atoms with E-state index in [9.17, 15) is 19.5 Å². The van der Waals surface area contributed by atoms with E-state index < -0.39 is 17.8 Å². The average Bonchev–Trinajstić information content (AvgIpc) is 2.65. The molecule has 0 atom stereocenters. The Kier molecular flexibility index (Phi) is 4.45. The van der Waals surface area contributed by atoms with Crippen molar-refractivity contribution in [1.29, 1.82) is 0 Å². The molecule has 1 aliphatic heterocycles.